The molecule has 0 radical (unpaired) electrons. The van der Waals surface area contributed by atoms with Crippen LogP contribution in [0.2, 0.25) is 0 Å². The zero-order valence-electron chi connectivity index (χ0n) is 8.54. The van der Waals surface area contributed by atoms with Gasteiger partial charge in [-0.15, -0.1) is 0 Å². The van der Waals surface area contributed by atoms with E-state index in [1.54, 1.807) is 6.92 Å². The molecule has 1 aromatic rings. The summed E-state index contributed by atoms with van der Waals surface area (Å²) in [6, 6.07) is 3.51. The molecule has 0 aliphatic rings. The average molecular weight is 196 g/mol. The smallest absolute Gasteiger partial charge is 0.234 e. The van der Waals surface area contributed by atoms with E-state index in [0.717, 1.165) is 17.9 Å². The number of carbonyl (C=O) groups is 1. The molecule has 0 bridgehead atoms. The fraction of sp³-hybridized carbons (Fsp3) is 0.500. The summed E-state index contributed by atoms with van der Waals surface area (Å²) in [6.45, 7) is 4.29. The quantitative estimate of drug-likeness (QED) is 0.732. The van der Waals surface area contributed by atoms with Crippen LogP contribution >= 0.6 is 0 Å². The van der Waals surface area contributed by atoms with Crippen LogP contribution in [-0.4, -0.2) is 11.9 Å². The van der Waals surface area contributed by atoms with Crippen LogP contribution in [0.1, 0.15) is 25.4 Å². The first-order valence-corrected chi connectivity index (χ1v) is 4.73. The molecule has 1 amide bonds. The van der Waals surface area contributed by atoms with Gasteiger partial charge in [0.15, 0.2) is 0 Å². The van der Waals surface area contributed by atoms with E-state index in [4.69, 9.17) is 10.2 Å². The summed E-state index contributed by atoms with van der Waals surface area (Å²) >= 11 is 0. The number of aryl methyl sites for hydroxylation is 1. The second-order valence-corrected chi connectivity index (χ2v) is 3.23. The summed E-state index contributed by atoms with van der Waals surface area (Å²) in [4.78, 5) is 10.7. The molecule has 0 aliphatic heterocycles. The highest BCUT2D eigenvalue weighted by atomic mass is 16.3. The molecule has 0 aliphatic carbocycles. The Labute approximate surface area is 83.5 Å². The Balaban J connectivity index is 2.41. The molecule has 0 saturated heterocycles. The third kappa shape index (κ3) is 2.88. The Morgan fingerprint density at radius 1 is 1.57 bits per heavy atom. The Bertz CT molecular complexity index is 307. The predicted octanol–water partition coefficient (Wildman–Crippen LogP) is 0.805. The van der Waals surface area contributed by atoms with Crippen molar-refractivity contribution in [1.29, 1.82) is 0 Å². The molecule has 0 spiro atoms. The standard InChI is InChI=1S/C10H16N2O2/c1-3-8-4-5-9(14-8)6-12-7(2)10(11)13/h4-5,7,12H,3,6H2,1-2H3,(H2,11,13). The number of amides is 1. The van der Waals surface area contributed by atoms with Gasteiger partial charge in [-0.25, -0.2) is 0 Å². The van der Waals surface area contributed by atoms with Gasteiger partial charge >= 0.3 is 0 Å². The number of carbonyl (C=O) groups excluding carboxylic acids is 1. The fourth-order valence-corrected chi connectivity index (χ4v) is 1.06. The number of furan rings is 1. The topological polar surface area (TPSA) is 68.3 Å². The maximum Gasteiger partial charge on any atom is 0.234 e. The largest absolute Gasteiger partial charge is 0.465 e. The number of hydrogen-bond donors (Lipinski definition) is 2. The van der Waals surface area contributed by atoms with Crippen molar-refractivity contribution in [2.24, 2.45) is 5.73 Å². The van der Waals surface area contributed by atoms with E-state index in [9.17, 15) is 4.79 Å². The highest BCUT2D eigenvalue weighted by Gasteiger charge is 2.08. The minimum absolute atomic E-state index is 0.329. The molecule has 1 atom stereocenters. The van der Waals surface area contributed by atoms with Gasteiger partial charge in [-0.05, 0) is 19.1 Å². The van der Waals surface area contributed by atoms with Crippen LogP contribution in [0.5, 0.6) is 0 Å². The van der Waals surface area contributed by atoms with Crippen molar-refractivity contribution in [3.63, 3.8) is 0 Å². The van der Waals surface area contributed by atoms with Gasteiger partial charge in [0.2, 0.25) is 5.91 Å². The molecule has 14 heavy (non-hydrogen) atoms. The molecular weight excluding hydrogens is 180 g/mol. The second kappa shape index (κ2) is 4.81. The van der Waals surface area contributed by atoms with Gasteiger partial charge in [0.25, 0.3) is 0 Å². The lowest BCUT2D eigenvalue weighted by Crippen LogP contribution is -2.38. The van der Waals surface area contributed by atoms with Gasteiger partial charge in [-0.3, -0.25) is 10.1 Å². The van der Waals surface area contributed by atoms with Crippen LogP contribution < -0.4 is 11.1 Å². The molecule has 0 aromatic carbocycles. The lowest BCUT2D eigenvalue weighted by atomic mass is 10.3. The van der Waals surface area contributed by atoms with E-state index in [1.807, 2.05) is 19.1 Å². The van der Waals surface area contributed by atoms with Crippen molar-refractivity contribution < 1.29 is 9.21 Å². The zero-order chi connectivity index (χ0) is 10.6. The molecule has 4 nitrogen and oxygen atoms in total. The van der Waals surface area contributed by atoms with Gasteiger partial charge in [-0.2, -0.15) is 0 Å². The first-order valence-electron chi connectivity index (χ1n) is 4.73. The highest BCUT2D eigenvalue weighted by Crippen LogP contribution is 2.07. The SMILES string of the molecule is CCc1ccc(CNC(C)C(N)=O)o1. The monoisotopic (exact) mass is 196 g/mol. The molecule has 0 fully saturated rings. The van der Waals surface area contributed by atoms with E-state index >= 15 is 0 Å². The summed E-state index contributed by atoms with van der Waals surface area (Å²) in [5, 5.41) is 2.97. The second-order valence-electron chi connectivity index (χ2n) is 3.23. The van der Waals surface area contributed by atoms with Crippen LogP contribution in [0, 0.1) is 0 Å². The van der Waals surface area contributed by atoms with Crippen molar-refractivity contribution >= 4 is 5.91 Å². The maximum absolute atomic E-state index is 10.7. The van der Waals surface area contributed by atoms with Crippen molar-refractivity contribution in [2.45, 2.75) is 32.9 Å². The lowest BCUT2D eigenvalue weighted by Gasteiger charge is -2.07. The van der Waals surface area contributed by atoms with Crippen LogP contribution in [0.4, 0.5) is 0 Å². The minimum atomic E-state index is -0.354. The van der Waals surface area contributed by atoms with E-state index in [2.05, 4.69) is 5.32 Å². The zero-order valence-corrected chi connectivity index (χ0v) is 8.54. The molecule has 0 saturated carbocycles. The Morgan fingerprint density at radius 3 is 2.71 bits per heavy atom. The van der Waals surface area contributed by atoms with Crippen LogP contribution in [0.25, 0.3) is 0 Å². The Hall–Kier alpha value is -1.29. The number of nitrogens with two attached hydrogens (primary N) is 1. The number of rotatable bonds is 5. The number of hydrogen-bond acceptors (Lipinski definition) is 3. The van der Waals surface area contributed by atoms with Crippen LogP contribution in [0.3, 0.4) is 0 Å². The highest BCUT2D eigenvalue weighted by molar-refractivity contribution is 5.79. The van der Waals surface area contributed by atoms with E-state index in [-0.39, 0.29) is 11.9 Å². The third-order valence-electron chi connectivity index (χ3n) is 2.08. The lowest BCUT2D eigenvalue weighted by molar-refractivity contribution is -0.119. The van der Waals surface area contributed by atoms with Gasteiger partial charge in [-0.1, -0.05) is 6.92 Å². The summed E-state index contributed by atoms with van der Waals surface area (Å²) in [7, 11) is 0. The minimum Gasteiger partial charge on any atom is -0.465 e. The molecule has 78 valence electrons. The van der Waals surface area contributed by atoms with Crippen molar-refractivity contribution in [1.82, 2.24) is 5.32 Å². The first kappa shape index (κ1) is 10.8. The fourth-order valence-electron chi connectivity index (χ4n) is 1.06. The van der Waals surface area contributed by atoms with E-state index < -0.39 is 0 Å². The summed E-state index contributed by atoms with van der Waals surface area (Å²) in [6.07, 6.45) is 0.880. The molecule has 1 heterocycles. The molecule has 1 unspecified atom stereocenters. The molecule has 1 rings (SSSR count). The van der Waals surface area contributed by atoms with Gasteiger partial charge in [0.1, 0.15) is 11.5 Å². The maximum atomic E-state index is 10.7. The third-order valence-corrected chi connectivity index (χ3v) is 2.08. The Morgan fingerprint density at radius 2 is 2.21 bits per heavy atom. The van der Waals surface area contributed by atoms with Crippen molar-refractivity contribution in [3.8, 4) is 0 Å². The predicted molar refractivity (Wildman–Crippen MR) is 53.6 cm³/mol. The van der Waals surface area contributed by atoms with Crippen LogP contribution in [-0.2, 0) is 17.8 Å². The van der Waals surface area contributed by atoms with Crippen molar-refractivity contribution in [3.05, 3.63) is 23.7 Å². The molecule has 4 heteroatoms. The summed E-state index contributed by atoms with van der Waals surface area (Å²) < 4.78 is 5.45. The van der Waals surface area contributed by atoms with E-state index in [0.29, 0.717) is 6.54 Å². The van der Waals surface area contributed by atoms with Crippen LogP contribution in [0.15, 0.2) is 16.5 Å². The summed E-state index contributed by atoms with van der Waals surface area (Å²) in [5.41, 5.74) is 5.10. The van der Waals surface area contributed by atoms with Crippen molar-refractivity contribution in [2.75, 3.05) is 0 Å². The molecule has 1 aromatic heterocycles. The molecule has 3 N–H and O–H groups in total. The Kier molecular flexibility index (Phi) is 3.71. The average Bonchev–Trinajstić information content (AvgIpc) is 2.61. The number of nitrogens with one attached hydrogen (secondary N) is 1. The van der Waals surface area contributed by atoms with Gasteiger partial charge in [0.05, 0.1) is 12.6 Å². The van der Waals surface area contributed by atoms with Gasteiger partial charge < -0.3 is 10.2 Å². The van der Waals surface area contributed by atoms with E-state index in [1.165, 1.54) is 0 Å². The molecular formula is C10H16N2O2. The normalized spacial score (nSPS) is 12.7. The number of primary amides is 1. The van der Waals surface area contributed by atoms with Gasteiger partial charge in [0, 0.05) is 6.42 Å². The first-order chi connectivity index (χ1) is 6.63. The summed E-state index contributed by atoms with van der Waals surface area (Å²) in [5.74, 6) is 1.43.